The fraction of sp³-hybridized carbons (Fsp3) is 0.125. The molecule has 1 aromatic carbocycles. The molecule has 0 bridgehead atoms. The van der Waals surface area contributed by atoms with Crippen LogP contribution in [0.5, 0.6) is 0 Å². The van der Waals surface area contributed by atoms with Gasteiger partial charge in [-0.15, -0.1) is 0 Å². The molecule has 0 radical (unpaired) electrons. The van der Waals surface area contributed by atoms with Gasteiger partial charge in [-0.25, -0.2) is 14.8 Å². The van der Waals surface area contributed by atoms with Gasteiger partial charge in [0.1, 0.15) is 5.56 Å². The first-order valence-electron chi connectivity index (χ1n) is 7.64. The maximum atomic E-state index is 12.5. The zero-order chi connectivity index (χ0) is 19.4. The second-order valence-electron chi connectivity index (χ2n) is 5.02. The van der Waals surface area contributed by atoms with Crippen LogP contribution in [-0.2, 0) is 4.74 Å². The lowest BCUT2D eigenvalue weighted by Crippen LogP contribution is -2.24. The number of hydrogen-bond donors (Lipinski definition) is 0. The Hall–Kier alpha value is -2.92. The van der Waals surface area contributed by atoms with Crippen LogP contribution < -0.4 is 5.56 Å². The normalized spacial score (nSPS) is 10.7. The van der Waals surface area contributed by atoms with Crippen LogP contribution in [0.15, 0.2) is 57.6 Å². The van der Waals surface area contributed by atoms with E-state index in [1.165, 1.54) is 22.9 Å². The van der Waals surface area contributed by atoms with Crippen molar-refractivity contribution in [3.63, 3.8) is 0 Å². The molecule has 0 aliphatic rings. The summed E-state index contributed by atoms with van der Waals surface area (Å²) in [5, 5.41) is 11.5. The summed E-state index contributed by atoms with van der Waals surface area (Å²) in [4.78, 5) is 43.8. The number of hydrogen-bond acceptors (Lipinski definition) is 9. The first kappa shape index (κ1) is 18.9. The Morgan fingerprint density at radius 1 is 1.30 bits per heavy atom. The van der Waals surface area contributed by atoms with Gasteiger partial charge in [0.15, 0.2) is 10.7 Å². The van der Waals surface area contributed by atoms with Crippen LogP contribution in [0.4, 0.5) is 5.69 Å². The van der Waals surface area contributed by atoms with E-state index < -0.39 is 16.5 Å². The number of fused-ring (bicyclic) bond motifs is 1. The van der Waals surface area contributed by atoms with E-state index in [9.17, 15) is 19.7 Å². The average molecular weight is 404 g/mol. The minimum atomic E-state index is -0.746. The third-order valence-electron chi connectivity index (χ3n) is 3.36. The summed E-state index contributed by atoms with van der Waals surface area (Å²) in [5.41, 5.74) is -0.530. The van der Waals surface area contributed by atoms with Crippen molar-refractivity contribution in [1.82, 2.24) is 14.4 Å². The Bertz CT molecular complexity index is 1090. The summed E-state index contributed by atoms with van der Waals surface area (Å²) in [6.45, 7) is 1.79. The molecule has 0 spiro atoms. The number of carbonyl (C=O) groups is 1. The molecular formula is C16H12N4O5S2. The van der Waals surface area contributed by atoms with E-state index in [0.717, 1.165) is 27.8 Å². The summed E-state index contributed by atoms with van der Waals surface area (Å²) in [6.07, 6.45) is 3.94. The Balaban J connectivity index is 1.95. The lowest BCUT2D eigenvalue weighted by atomic mass is 10.3. The highest BCUT2D eigenvalue weighted by atomic mass is 33.1. The van der Waals surface area contributed by atoms with Crippen molar-refractivity contribution in [1.29, 1.82) is 0 Å². The third-order valence-corrected chi connectivity index (χ3v) is 5.68. The van der Waals surface area contributed by atoms with Crippen molar-refractivity contribution in [2.45, 2.75) is 16.8 Å². The van der Waals surface area contributed by atoms with Gasteiger partial charge in [-0.1, -0.05) is 12.1 Å². The van der Waals surface area contributed by atoms with Crippen molar-refractivity contribution in [3.8, 4) is 0 Å². The highest BCUT2D eigenvalue weighted by Crippen LogP contribution is 2.41. The lowest BCUT2D eigenvalue weighted by molar-refractivity contribution is -0.387. The number of para-hydroxylation sites is 1. The number of rotatable bonds is 6. The van der Waals surface area contributed by atoms with Crippen LogP contribution in [-0.4, -0.2) is 31.9 Å². The zero-order valence-corrected chi connectivity index (χ0v) is 15.5. The summed E-state index contributed by atoms with van der Waals surface area (Å²) in [7, 11) is 2.26. The van der Waals surface area contributed by atoms with E-state index in [0.29, 0.717) is 9.92 Å². The zero-order valence-electron chi connectivity index (χ0n) is 13.9. The molecule has 9 nitrogen and oxygen atoms in total. The maximum absolute atomic E-state index is 12.5. The summed E-state index contributed by atoms with van der Waals surface area (Å²) in [5.74, 6) is -0.746. The fourth-order valence-corrected chi connectivity index (χ4v) is 4.30. The van der Waals surface area contributed by atoms with Crippen LogP contribution in [0, 0.1) is 10.1 Å². The Morgan fingerprint density at radius 2 is 2.07 bits per heavy atom. The molecule has 2 aromatic heterocycles. The lowest BCUT2D eigenvalue weighted by Gasteiger charge is -2.07. The summed E-state index contributed by atoms with van der Waals surface area (Å²) < 4.78 is 6.04. The fourth-order valence-electron chi connectivity index (χ4n) is 2.16. The van der Waals surface area contributed by atoms with Gasteiger partial charge in [0.25, 0.3) is 11.2 Å². The molecule has 3 rings (SSSR count). The molecule has 0 fully saturated rings. The van der Waals surface area contributed by atoms with E-state index in [1.807, 2.05) is 0 Å². The topological polar surface area (TPSA) is 117 Å². The molecule has 0 unspecified atom stereocenters. The highest BCUT2D eigenvalue weighted by molar-refractivity contribution is 8.76. The largest absolute Gasteiger partial charge is 0.462 e. The van der Waals surface area contributed by atoms with E-state index in [4.69, 9.17) is 4.74 Å². The highest BCUT2D eigenvalue weighted by Gasteiger charge is 2.18. The van der Waals surface area contributed by atoms with Gasteiger partial charge >= 0.3 is 5.97 Å². The van der Waals surface area contributed by atoms with Crippen LogP contribution >= 0.6 is 21.6 Å². The number of nitro benzene ring substituents is 1. The molecular weight excluding hydrogens is 392 g/mol. The Morgan fingerprint density at radius 3 is 2.81 bits per heavy atom. The molecule has 27 heavy (non-hydrogen) atoms. The van der Waals surface area contributed by atoms with Crippen molar-refractivity contribution in [3.05, 3.63) is 68.9 Å². The molecule has 0 aliphatic carbocycles. The van der Waals surface area contributed by atoms with E-state index in [1.54, 1.807) is 25.1 Å². The third kappa shape index (κ3) is 3.93. The molecule has 0 amide bonds. The van der Waals surface area contributed by atoms with Gasteiger partial charge in [-0.2, -0.15) is 0 Å². The van der Waals surface area contributed by atoms with Crippen LogP contribution in [0.2, 0.25) is 0 Å². The van der Waals surface area contributed by atoms with E-state index in [2.05, 4.69) is 9.97 Å². The Labute approximate surface area is 160 Å². The average Bonchev–Trinajstić information content (AvgIpc) is 2.67. The number of ether oxygens (including phenoxy) is 1. The van der Waals surface area contributed by atoms with Crippen molar-refractivity contribution >= 4 is 38.9 Å². The second-order valence-corrected chi connectivity index (χ2v) is 7.17. The molecule has 0 saturated carbocycles. The van der Waals surface area contributed by atoms with Gasteiger partial charge in [-0.3, -0.25) is 19.3 Å². The molecule has 3 aromatic rings. The predicted molar refractivity (Wildman–Crippen MR) is 100 cm³/mol. The Kier molecular flexibility index (Phi) is 5.72. The minimum Gasteiger partial charge on any atom is -0.462 e. The van der Waals surface area contributed by atoms with E-state index >= 15 is 0 Å². The summed E-state index contributed by atoms with van der Waals surface area (Å²) in [6, 6.07) is 6.31. The van der Waals surface area contributed by atoms with Crippen molar-refractivity contribution in [2.75, 3.05) is 6.61 Å². The van der Waals surface area contributed by atoms with Gasteiger partial charge in [0.05, 0.1) is 16.4 Å². The minimum absolute atomic E-state index is 0.0232. The number of carbonyl (C=O) groups excluding carboxylic acids is 1. The van der Waals surface area contributed by atoms with Gasteiger partial charge in [-0.05, 0) is 34.6 Å². The first-order valence-corrected chi connectivity index (χ1v) is 9.79. The number of esters is 1. The van der Waals surface area contributed by atoms with Crippen LogP contribution in [0.25, 0.3) is 5.65 Å². The monoisotopic (exact) mass is 404 g/mol. The van der Waals surface area contributed by atoms with Gasteiger partial charge in [0, 0.05) is 24.7 Å². The molecule has 0 N–H and O–H groups in total. The molecule has 11 heteroatoms. The standard InChI is InChI=1S/C16H12N4O5S2/c1-2-25-16(22)10-9-18-13-14(17-7-8-19(13)15(10)21)27-26-12-6-4-3-5-11(12)20(23)24/h3-9H,2H2,1H3. The number of benzene rings is 1. The molecule has 2 heterocycles. The molecule has 138 valence electrons. The molecule has 0 atom stereocenters. The SMILES string of the molecule is CCOC(=O)c1cnc2c(SSc3ccccc3[N+](=O)[O-])nccn2c1=O. The molecule has 0 saturated heterocycles. The quantitative estimate of drug-likeness (QED) is 0.264. The smallest absolute Gasteiger partial charge is 0.345 e. The van der Waals surface area contributed by atoms with Gasteiger partial charge in [0.2, 0.25) is 0 Å². The summed E-state index contributed by atoms with van der Waals surface area (Å²) >= 11 is 0. The van der Waals surface area contributed by atoms with Gasteiger partial charge < -0.3 is 4.74 Å². The number of nitrogens with zero attached hydrogens (tertiary/aromatic N) is 4. The molecule has 0 aliphatic heterocycles. The predicted octanol–water partition coefficient (Wildman–Crippen LogP) is 2.97. The van der Waals surface area contributed by atoms with E-state index in [-0.39, 0.29) is 23.5 Å². The number of nitro groups is 1. The van der Waals surface area contributed by atoms with Crippen molar-refractivity contribution in [2.24, 2.45) is 0 Å². The van der Waals surface area contributed by atoms with Crippen LogP contribution in [0.3, 0.4) is 0 Å². The first-order chi connectivity index (χ1) is 13.0. The second kappa shape index (κ2) is 8.18. The van der Waals surface area contributed by atoms with Crippen molar-refractivity contribution < 1.29 is 14.5 Å². The number of aromatic nitrogens is 3. The maximum Gasteiger partial charge on any atom is 0.345 e. The van der Waals surface area contributed by atoms with Crippen LogP contribution in [0.1, 0.15) is 17.3 Å².